The molecule has 1 aromatic rings. The molecular weight excluding hydrogens is 279 g/mol. The zero-order valence-corrected chi connectivity index (χ0v) is 11.7. The van der Waals surface area contributed by atoms with E-state index in [4.69, 9.17) is 0 Å². The summed E-state index contributed by atoms with van der Waals surface area (Å²) >= 11 is 0. The summed E-state index contributed by atoms with van der Waals surface area (Å²) in [6, 6.07) is 4.94. The van der Waals surface area contributed by atoms with E-state index in [0.717, 1.165) is 12.1 Å². The molecule has 2 nitrogen and oxygen atoms in total. The van der Waals surface area contributed by atoms with Crippen LogP contribution >= 0.6 is 0 Å². The number of nitrogens with zero attached hydrogens (tertiary/aromatic N) is 1. The lowest BCUT2D eigenvalue weighted by molar-refractivity contribution is -0.137. The number of carbonyl (C=O) groups is 1. The Labute approximate surface area is 121 Å². The van der Waals surface area contributed by atoms with Crippen molar-refractivity contribution in [2.24, 2.45) is 10.9 Å². The highest BCUT2D eigenvalue weighted by atomic mass is 19.4. The van der Waals surface area contributed by atoms with E-state index in [1.807, 2.05) is 0 Å². The molecule has 5 heteroatoms. The van der Waals surface area contributed by atoms with E-state index in [1.54, 1.807) is 19.2 Å². The Hall–Kier alpha value is -1.91. The largest absolute Gasteiger partial charge is 0.416 e. The summed E-state index contributed by atoms with van der Waals surface area (Å²) in [4.78, 5) is 16.5. The molecule has 112 valence electrons. The lowest BCUT2D eigenvalue weighted by atomic mass is 9.92. The van der Waals surface area contributed by atoms with E-state index in [2.05, 4.69) is 11.6 Å². The lowest BCUT2D eigenvalue weighted by Gasteiger charge is -2.13. The van der Waals surface area contributed by atoms with Gasteiger partial charge < -0.3 is 0 Å². The average molecular weight is 295 g/mol. The van der Waals surface area contributed by atoms with Crippen LogP contribution in [0.4, 0.5) is 13.2 Å². The molecule has 0 aliphatic heterocycles. The number of benzene rings is 1. The first-order chi connectivity index (χ1) is 9.88. The number of allylic oxidation sites excluding steroid dienone is 1. The molecule has 0 heterocycles. The fourth-order valence-electron chi connectivity index (χ4n) is 2.74. The van der Waals surface area contributed by atoms with Gasteiger partial charge >= 0.3 is 6.18 Å². The summed E-state index contributed by atoms with van der Waals surface area (Å²) in [6.07, 6.45) is -1.75. The third kappa shape index (κ3) is 3.06. The SMILES string of the molecule is C=CCC1CC(=NC)C(c2cccc(C(F)(F)F)c2)C1=O. The predicted octanol–water partition coefficient (Wildman–Crippen LogP) is 4.02. The van der Waals surface area contributed by atoms with E-state index >= 15 is 0 Å². The first kappa shape index (κ1) is 15.5. The summed E-state index contributed by atoms with van der Waals surface area (Å²) < 4.78 is 38.4. The maximum Gasteiger partial charge on any atom is 0.416 e. The number of hydrogen-bond acceptors (Lipinski definition) is 2. The molecule has 0 N–H and O–H groups in total. The van der Waals surface area contributed by atoms with Crippen LogP contribution in [0.2, 0.25) is 0 Å². The Morgan fingerprint density at radius 2 is 2.14 bits per heavy atom. The molecule has 1 fully saturated rings. The van der Waals surface area contributed by atoms with Crippen molar-refractivity contribution in [1.82, 2.24) is 0 Å². The van der Waals surface area contributed by atoms with Crippen molar-refractivity contribution in [3.63, 3.8) is 0 Å². The van der Waals surface area contributed by atoms with Gasteiger partial charge in [-0.1, -0.05) is 24.3 Å². The molecule has 1 saturated carbocycles. The van der Waals surface area contributed by atoms with E-state index < -0.39 is 17.7 Å². The second-order valence-corrected chi connectivity index (χ2v) is 5.10. The molecule has 0 amide bonds. The Morgan fingerprint density at radius 3 is 2.71 bits per heavy atom. The number of ketones is 1. The first-order valence-corrected chi connectivity index (χ1v) is 6.65. The van der Waals surface area contributed by atoms with Crippen LogP contribution in [0.3, 0.4) is 0 Å². The monoisotopic (exact) mass is 295 g/mol. The highest BCUT2D eigenvalue weighted by Crippen LogP contribution is 2.37. The zero-order valence-electron chi connectivity index (χ0n) is 11.7. The Morgan fingerprint density at radius 1 is 1.43 bits per heavy atom. The van der Waals surface area contributed by atoms with Gasteiger partial charge in [0.05, 0.1) is 11.5 Å². The van der Waals surface area contributed by atoms with Crippen molar-refractivity contribution >= 4 is 11.5 Å². The second kappa shape index (κ2) is 5.84. The maximum absolute atomic E-state index is 12.8. The minimum Gasteiger partial charge on any atom is -0.298 e. The van der Waals surface area contributed by atoms with Gasteiger partial charge in [0.25, 0.3) is 0 Å². The van der Waals surface area contributed by atoms with Gasteiger partial charge in [-0.25, -0.2) is 0 Å². The Kier molecular flexibility index (Phi) is 4.30. The standard InChI is InChI=1S/C16H16F3NO/c1-3-5-11-9-13(20-2)14(15(11)21)10-6-4-7-12(8-10)16(17,18)19/h3-4,6-8,11,14H,1,5,9H2,2H3. The second-order valence-electron chi connectivity index (χ2n) is 5.10. The molecule has 2 atom stereocenters. The number of rotatable bonds is 3. The normalized spacial score (nSPS) is 24.6. The molecule has 0 spiro atoms. The number of Topliss-reactive ketones (excluding diaryl/α,β-unsaturated/α-hetero) is 1. The quantitative estimate of drug-likeness (QED) is 0.774. The molecule has 0 radical (unpaired) electrons. The molecule has 1 aliphatic carbocycles. The van der Waals surface area contributed by atoms with Crippen LogP contribution in [0.1, 0.15) is 29.9 Å². The molecule has 0 saturated heterocycles. The average Bonchev–Trinajstić information content (AvgIpc) is 2.75. The smallest absolute Gasteiger partial charge is 0.298 e. The summed E-state index contributed by atoms with van der Waals surface area (Å²) in [6.45, 7) is 3.61. The topological polar surface area (TPSA) is 29.4 Å². The van der Waals surface area contributed by atoms with E-state index in [-0.39, 0.29) is 11.7 Å². The third-order valence-electron chi connectivity index (χ3n) is 3.76. The fourth-order valence-corrected chi connectivity index (χ4v) is 2.74. The van der Waals surface area contributed by atoms with Crippen molar-refractivity contribution in [2.45, 2.75) is 24.9 Å². The molecule has 0 bridgehead atoms. The molecule has 21 heavy (non-hydrogen) atoms. The van der Waals surface area contributed by atoms with Crippen molar-refractivity contribution in [3.05, 3.63) is 48.0 Å². The van der Waals surface area contributed by atoms with Crippen molar-refractivity contribution in [1.29, 1.82) is 0 Å². The fraction of sp³-hybridized carbons (Fsp3) is 0.375. The Bertz CT molecular complexity index is 589. The van der Waals surface area contributed by atoms with Gasteiger partial charge in [0.15, 0.2) is 0 Å². The van der Waals surface area contributed by atoms with Crippen LogP contribution in [0.5, 0.6) is 0 Å². The van der Waals surface area contributed by atoms with Crippen LogP contribution in [-0.2, 0) is 11.0 Å². The lowest BCUT2D eigenvalue weighted by Crippen LogP contribution is -2.16. The van der Waals surface area contributed by atoms with Crippen LogP contribution in [0.25, 0.3) is 0 Å². The van der Waals surface area contributed by atoms with Crippen molar-refractivity contribution in [2.75, 3.05) is 7.05 Å². The summed E-state index contributed by atoms with van der Waals surface area (Å²) in [5.41, 5.74) is 0.267. The van der Waals surface area contributed by atoms with E-state index in [9.17, 15) is 18.0 Å². The first-order valence-electron chi connectivity index (χ1n) is 6.65. The summed E-state index contributed by atoms with van der Waals surface area (Å²) in [7, 11) is 1.57. The highest BCUT2D eigenvalue weighted by molar-refractivity contribution is 6.16. The van der Waals surface area contributed by atoms with Gasteiger partial charge in [-0.15, -0.1) is 6.58 Å². The molecule has 1 aromatic carbocycles. The van der Waals surface area contributed by atoms with Gasteiger partial charge in [0.2, 0.25) is 0 Å². The minimum absolute atomic E-state index is 0.0742. The summed E-state index contributed by atoms with van der Waals surface area (Å²) in [5.74, 6) is -0.974. The predicted molar refractivity (Wildman–Crippen MR) is 75.5 cm³/mol. The highest BCUT2D eigenvalue weighted by Gasteiger charge is 2.40. The van der Waals surface area contributed by atoms with Crippen LogP contribution in [-0.4, -0.2) is 18.5 Å². The molecule has 1 aliphatic rings. The number of hydrogen-bond donors (Lipinski definition) is 0. The molecule has 2 rings (SSSR count). The van der Waals surface area contributed by atoms with Gasteiger partial charge in [0, 0.05) is 18.7 Å². The summed E-state index contributed by atoms with van der Waals surface area (Å²) in [5, 5.41) is 0. The van der Waals surface area contributed by atoms with Gasteiger partial charge in [-0.2, -0.15) is 13.2 Å². The molecular formula is C16H16F3NO. The van der Waals surface area contributed by atoms with Crippen LogP contribution < -0.4 is 0 Å². The molecule has 2 unspecified atom stereocenters. The zero-order chi connectivity index (χ0) is 15.6. The number of alkyl halides is 3. The van der Waals surface area contributed by atoms with Gasteiger partial charge in [-0.05, 0) is 24.5 Å². The van der Waals surface area contributed by atoms with Gasteiger partial charge in [0.1, 0.15) is 5.78 Å². The number of carbonyl (C=O) groups excluding carboxylic acids is 1. The molecule has 0 aromatic heterocycles. The number of halogens is 3. The van der Waals surface area contributed by atoms with E-state index in [0.29, 0.717) is 24.1 Å². The van der Waals surface area contributed by atoms with Crippen LogP contribution in [0, 0.1) is 5.92 Å². The third-order valence-corrected chi connectivity index (χ3v) is 3.76. The maximum atomic E-state index is 12.8. The van der Waals surface area contributed by atoms with Crippen molar-refractivity contribution < 1.29 is 18.0 Å². The van der Waals surface area contributed by atoms with Gasteiger partial charge in [-0.3, -0.25) is 9.79 Å². The number of aliphatic imine (C=N–C) groups is 1. The minimum atomic E-state index is -4.41. The van der Waals surface area contributed by atoms with Crippen LogP contribution in [0.15, 0.2) is 41.9 Å². The van der Waals surface area contributed by atoms with E-state index in [1.165, 1.54) is 6.07 Å². The van der Waals surface area contributed by atoms with Crippen molar-refractivity contribution in [3.8, 4) is 0 Å². The Balaban J connectivity index is 2.40.